The fraction of sp³-hybridized carbons (Fsp3) is 0.684. The highest BCUT2D eigenvalue weighted by Crippen LogP contribution is 2.38. The Kier molecular flexibility index (Phi) is 6.12. The first kappa shape index (κ1) is 18.4. The van der Waals surface area contributed by atoms with Gasteiger partial charge in [-0.2, -0.15) is 0 Å². The first-order valence-electron chi connectivity index (χ1n) is 9.45. The van der Waals surface area contributed by atoms with Gasteiger partial charge >= 0.3 is 5.97 Å². The van der Waals surface area contributed by atoms with Crippen LogP contribution in [-0.2, 0) is 22.4 Å². The lowest BCUT2D eigenvalue weighted by Crippen LogP contribution is -2.42. The van der Waals surface area contributed by atoms with Gasteiger partial charge in [-0.3, -0.25) is 9.69 Å². The molecule has 2 heterocycles. The molecule has 2 aliphatic rings. The van der Waals surface area contributed by atoms with E-state index in [9.17, 15) is 9.59 Å². The summed E-state index contributed by atoms with van der Waals surface area (Å²) >= 11 is 1.56. The number of likely N-dealkylation sites (tertiary alicyclic amines) is 1. The van der Waals surface area contributed by atoms with Crippen molar-refractivity contribution in [1.29, 1.82) is 0 Å². The molecule has 0 saturated carbocycles. The van der Waals surface area contributed by atoms with Gasteiger partial charge in [-0.25, -0.2) is 4.79 Å². The van der Waals surface area contributed by atoms with E-state index < -0.39 is 0 Å². The van der Waals surface area contributed by atoms with Crippen LogP contribution in [0.25, 0.3) is 0 Å². The maximum atomic E-state index is 12.6. The van der Waals surface area contributed by atoms with Crippen molar-refractivity contribution in [2.75, 3.05) is 25.0 Å². The molecule has 25 heavy (non-hydrogen) atoms. The third kappa shape index (κ3) is 4.23. The number of fused-ring (bicyclic) bond motifs is 1. The van der Waals surface area contributed by atoms with Crippen LogP contribution in [0.1, 0.15) is 66.8 Å². The van der Waals surface area contributed by atoms with Crippen LogP contribution in [0.3, 0.4) is 0 Å². The van der Waals surface area contributed by atoms with Crippen LogP contribution in [-0.4, -0.2) is 42.5 Å². The van der Waals surface area contributed by atoms with Gasteiger partial charge < -0.3 is 10.1 Å². The van der Waals surface area contributed by atoms with E-state index in [0.29, 0.717) is 29.8 Å². The Hall–Kier alpha value is -1.40. The molecule has 6 heteroatoms. The molecule has 0 radical (unpaired) electrons. The fourth-order valence-electron chi connectivity index (χ4n) is 3.82. The number of piperidine rings is 1. The van der Waals surface area contributed by atoms with Gasteiger partial charge in [0.25, 0.3) is 0 Å². The standard InChI is InChI=1S/C19H28N2O3S/c1-3-24-19(23)17-14-9-4-5-10-15(14)25-18(17)20-16(22)12-21-11-7-6-8-13(21)2/h13H,3-12H2,1-2H3,(H,20,22)/t13-/m1/s1. The molecular formula is C19H28N2O3S. The lowest BCUT2D eigenvalue weighted by Gasteiger charge is -2.32. The van der Waals surface area contributed by atoms with Crippen molar-refractivity contribution in [2.45, 2.75) is 64.8 Å². The van der Waals surface area contributed by atoms with Crippen molar-refractivity contribution in [2.24, 2.45) is 0 Å². The number of amides is 1. The molecule has 0 spiro atoms. The number of rotatable bonds is 5. The van der Waals surface area contributed by atoms with Crippen molar-refractivity contribution < 1.29 is 14.3 Å². The van der Waals surface area contributed by atoms with E-state index in [1.165, 1.54) is 11.3 Å². The van der Waals surface area contributed by atoms with Crippen molar-refractivity contribution in [1.82, 2.24) is 4.90 Å². The smallest absolute Gasteiger partial charge is 0.341 e. The predicted octanol–water partition coefficient (Wildman–Crippen LogP) is 3.62. The summed E-state index contributed by atoms with van der Waals surface area (Å²) in [6.45, 7) is 5.71. The summed E-state index contributed by atoms with van der Waals surface area (Å²) in [7, 11) is 0. The summed E-state index contributed by atoms with van der Waals surface area (Å²) in [6, 6.07) is 0.445. The molecule has 1 aliphatic heterocycles. The Morgan fingerprint density at radius 1 is 1.24 bits per heavy atom. The number of carbonyl (C=O) groups is 2. The first-order chi connectivity index (χ1) is 12.1. The van der Waals surface area contributed by atoms with Gasteiger partial charge in [-0.15, -0.1) is 11.3 Å². The van der Waals surface area contributed by atoms with Gasteiger partial charge in [-0.05, 0) is 64.5 Å². The maximum absolute atomic E-state index is 12.6. The van der Waals surface area contributed by atoms with E-state index in [-0.39, 0.29) is 11.9 Å². The largest absolute Gasteiger partial charge is 0.462 e. The second-order valence-electron chi connectivity index (χ2n) is 7.00. The number of nitrogens with one attached hydrogen (secondary N) is 1. The Bertz CT molecular complexity index is 641. The van der Waals surface area contributed by atoms with Gasteiger partial charge in [0.2, 0.25) is 5.91 Å². The molecule has 138 valence electrons. The van der Waals surface area contributed by atoms with Gasteiger partial charge in [0.1, 0.15) is 5.00 Å². The molecule has 0 aromatic carbocycles. The van der Waals surface area contributed by atoms with Crippen LogP contribution >= 0.6 is 11.3 Å². The maximum Gasteiger partial charge on any atom is 0.341 e. The average Bonchev–Trinajstić information content (AvgIpc) is 2.95. The van der Waals surface area contributed by atoms with Gasteiger partial charge in [0.05, 0.1) is 18.7 Å². The van der Waals surface area contributed by atoms with Crippen LogP contribution in [0.5, 0.6) is 0 Å². The van der Waals surface area contributed by atoms with Gasteiger partial charge in [0.15, 0.2) is 0 Å². The number of aryl methyl sites for hydroxylation is 1. The molecule has 1 amide bonds. The monoisotopic (exact) mass is 364 g/mol. The van der Waals surface area contributed by atoms with E-state index in [4.69, 9.17) is 4.74 Å². The molecule has 1 N–H and O–H groups in total. The van der Waals surface area contributed by atoms with Crippen LogP contribution < -0.4 is 5.32 Å². The summed E-state index contributed by atoms with van der Waals surface area (Å²) in [5.74, 6) is -0.332. The zero-order valence-electron chi connectivity index (χ0n) is 15.2. The quantitative estimate of drug-likeness (QED) is 0.811. The van der Waals surface area contributed by atoms with Crippen LogP contribution in [0, 0.1) is 0 Å². The molecule has 3 rings (SSSR count). The van der Waals surface area contributed by atoms with E-state index in [1.807, 2.05) is 6.92 Å². The van der Waals surface area contributed by atoms with E-state index in [1.54, 1.807) is 11.3 Å². The van der Waals surface area contributed by atoms with Crippen molar-refractivity contribution in [3.8, 4) is 0 Å². The Balaban J connectivity index is 1.75. The van der Waals surface area contributed by atoms with Crippen LogP contribution in [0.4, 0.5) is 5.00 Å². The molecule has 1 aliphatic carbocycles. The normalized spacial score (nSPS) is 20.8. The molecule has 1 aromatic rings. The summed E-state index contributed by atoms with van der Waals surface area (Å²) in [5, 5.41) is 3.69. The average molecular weight is 365 g/mol. The molecule has 0 bridgehead atoms. The van der Waals surface area contributed by atoms with Crippen LogP contribution in [0.15, 0.2) is 0 Å². The number of hydrogen-bond donors (Lipinski definition) is 1. The first-order valence-corrected chi connectivity index (χ1v) is 10.3. The summed E-state index contributed by atoms with van der Waals surface area (Å²) in [5.41, 5.74) is 1.69. The molecule has 0 unspecified atom stereocenters. The topological polar surface area (TPSA) is 58.6 Å². The number of anilines is 1. The van der Waals surface area contributed by atoms with E-state index in [2.05, 4.69) is 17.1 Å². The number of nitrogens with zero attached hydrogens (tertiary/aromatic N) is 1. The summed E-state index contributed by atoms with van der Waals surface area (Å²) in [6.07, 6.45) is 7.67. The van der Waals surface area contributed by atoms with Gasteiger partial charge in [0, 0.05) is 10.9 Å². The number of thiophene rings is 1. The van der Waals surface area contributed by atoms with E-state index >= 15 is 0 Å². The minimum absolute atomic E-state index is 0.0297. The van der Waals surface area contributed by atoms with Crippen molar-refractivity contribution in [3.63, 3.8) is 0 Å². The third-order valence-corrected chi connectivity index (χ3v) is 6.40. The second-order valence-corrected chi connectivity index (χ2v) is 8.10. The SMILES string of the molecule is CCOC(=O)c1c(NC(=O)CN2CCCC[C@H]2C)sc2c1CCCC2. The lowest BCUT2D eigenvalue weighted by molar-refractivity contribution is -0.118. The van der Waals surface area contributed by atoms with Crippen molar-refractivity contribution in [3.05, 3.63) is 16.0 Å². The highest BCUT2D eigenvalue weighted by molar-refractivity contribution is 7.17. The Morgan fingerprint density at radius 3 is 2.80 bits per heavy atom. The fourth-order valence-corrected chi connectivity index (χ4v) is 5.11. The molecule has 1 saturated heterocycles. The number of esters is 1. The Labute approximate surface area is 153 Å². The molecular weight excluding hydrogens is 336 g/mol. The van der Waals surface area contributed by atoms with E-state index in [0.717, 1.165) is 50.6 Å². The van der Waals surface area contributed by atoms with Gasteiger partial charge in [-0.1, -0.05) is 6.42 Å². The molecule has 5 nitrogen and oxygen atoms in total. The molecule has 1 aromatic heterocycles. The number of hydrogen-bond acceptors (Lipinski definition) is 5. The number of ether oxygens (including phenoxy) is 1. The highest BCUT2D eigenvalue weighted by atomic mass is 32.1. The number of carbonyl (C=O) groups excluding carboxylic acids is 2. The summed E-state index contributed by atoms with van der Waals surface area (Å²) < 4.78 is 5.25. The Morgan fingerprint density at radius 2 is 2.04 bits per heavy atom. The van der Waals surface area contributed by atoms with Crippen molar-refractivity contribution >= 4 is 28.2 Å². The minimum atomic E-state index is -0.302. The highest BCUT2D eigenvalue weighted by Gasteiger charge is 2.28. The zero-order valence-corrected chi connectivity index (χ0v) is 16.0. The molecule has 1 atom stereocenters. The summed E-state index contributed by atoms with van der Waals surface area (Å²) in [4.78, 5) is 28.5. The second kappa shape index (κ2) is 8.32. The predicted molar refractivity (Wildman–Crippen MR) is 100 cm³/mol. The lowest BCUT2D eigenvalue weighted by atomic mass is 9.95. The van der Waals surface area contributed by atoms with Crippen LogP contribution in [0.2, 0.25) is 0 Å². The molecule has 1 fully saturated rings. The minimum Gasteiger partial charge on any atom is -0.462 e. The zero-order chi connectivity index (χ0) is 17.8. The third-order valence-electron chi connectivity index (χ3n) is 5.19.